The van der Waals surface area contributed by atoms with Gasteiger partial charge in [-0.05, 0) is 35.9 Å². The smallest absolute Gasteiger partial charge is 0.301 e. The van der Waals surface area contributed by atoms with Gasteiger partial charge >= 0.3 is 5.91 Å². The van der Waals surface area contributed by atoms with Gasteiger partial charge in [-0.1, -0.05) is 47.2 Å². The molecule has 10 heteroatoms. The van der Waals surface area contributed by atoms with Crippen molar-refractivity contribution in [2.24, 2.45) is 0 Å². The molecule has 4 aromatic rings. The van der Waals surface area contributed by atoms with Gasteiger partial charge < -0.3 is 10.2 Å². The van der Waals surface area contributed by atoms with Crippen LogP contribution in [0, 0.1) is 11.6 Å². The summed E-state index contributed by atoms with van der Waals surface area (Å²) in [6.07, 6.45) is 0. The van der Waals surface area contributed by atoms with Crippen LogP contribution in [-0.4, -0.2) is 26.9 Å². The van der Waals surface area contributed by atoms with Gasteiger partial charge in [0.1, 0.15) is 11.5 Å². The van der Waals surface area contributed by atoms with Crippen LogP contribution in [0.4, 0.5) is 13.9 Å². The number of phenols is 1. The van der Waals surface area contributed by atoms with Gasteiger partial charge in [-0.25, -0.2) is 13.8 Å². The molecule has 1 saturated heterocycles. The van der Waals surface area contributed by atoms with Crippen LogP contribution in [-0.2, 0) is 9.59 Å². The number of aliphatic hydroxyl groups excluding tert-OH is 1. The molecule has 0 radical (unpaired) electrons. The van der Waals surface area contributed by atoms with Crippen LogP contribution in [0.5, 0.6) is 5.75 Å². The molecule has 0 aliphatic carbocycles. The minimum atomic E-state index is -1.12. The summed E-state index contributed by atoms with van der Waals surface area (Å²) in [5, 5.41) is 21.1. The van der Waals surface area contributed by atoms with E-state index < -0.39 is 35.1 Å². The number of nitrogens with zero attached hydrogens (tertiary/aromatic N) is 2. The summed E-state index contributed by atoms with van der Waals surface area (Å²) >= 11 is 6.93. The number of carbonyl (C=O) groups is 2. The van der Waals surface area contributed by atoms with Gasteiger partial charge in [0.25, 0.3) is 5.78 Å². The maximum absolute atomic E-state index is 13.7. The molecule has 0 spiro atoms. The summed E-state index contributed by atoms with van der Waals surface area (Å²) in [5.41, 5.74) is 0.523. The van der Waals surface area contributed by atoms with E-state index in [9.17, 15) is 28.6 Å². The van der Waals surface area contributed by atoms with Crippen LogP contribution >= 0.6 is 22.9 Å². The van der Waals surface area contributed by atoms with Crippen LogP contribution in [0.2, 0.25) is 5.02 Å². The second-order valence-corrected chi connectivity index (χ2v) is 8.95. The molecule has 5 rings (SSSR count). The fraction of sp³-hybridized carbons (Fsp3) is 0.0417. The fourth-order valence-electron chi connectivity index (χ4n) is 3.81. The summed E-state index contributed by atoms with van der Waals surface area (Å²) in [6, 6.07) is 12.6. The monoisotopic (exact) mass is 498 g/mol. The van der Waals surface area contributed by atoms with Crippen LogP contribution in [0.15, 0.2) is 66.2 Å². The van der Waals surface area contributed by atoms with Gasteiger partial charge in [-0.15, -0.1) is 0 Å². The SMILES string of the molecule is O=C1C(=O)N(c2nc3cc(F)c(F)cc3s2)C(c2ccc(O)cc2)/C1=C(\O)c1cccc(Cl)c1. The molecule has 1 aliphatic heterocycles. The van der Waals surface area contributed by atoms with E-state index in [-0.39, 0.29) is 32.2 Å². The Kier molecular flexibility index (Phi) is 5.30. The normalized spacial score (nSPS) is 17.6. The Balaban J connectivity index is 1.74. The lowest BCUT2D eigenvalue weighted by Crippen LogP contribution is -2.29. The van der Waals surface area contributed by atoms with Crippen LogP contribution in [0.1, 0.15) is 17.2 Å². The van der Waals surface area contributed by atoms with E-state index in [1.54, 1.807) is 12.1 Å². The predicted octanol–water partition coefficient (Wildman–Crippen LogP) is 5.56. The summed E-state index contributed by atoms with van der Waals surface area (Å²) < 4.78 is 27.7. The Labute approximate surface area is 200 Å². The highest BCUT2D eigenvalue weighted by atomic mass is 35.5. The third kappa shape index (κ3) is 3.59. The first kappa shape index (κ1) is 22.0. The molecule has 170 valence electrons. The lowest BCUT2D eigenvalue weighted by Gasteiger charge is -2.23. The number of rotatable bonds is 3. The van der Waals surface area contributed by atoms with Crippen molar-refractivity contribution in [3.05, 3.63) is 94.0 Å². The zero-order valence-corrected chi connectivity index (χ0v) is 18.6. The molecule has 1 unspecified atom stereocenters. The number of benzene rings is 3. The van der Waals surface area contributed by atoms with Crippen molar-refractivity contribution in [2.45, 2.75) is 6.04 Å². The molecule has 1 fully saturated rings. The number of aromatic nitrogens is 1. The van der Waals surface area contributed by atoms with Gasteiger partial charge in [0.15, 0.2) is 16.8 Å². The standard InChI is InChI=1S/C24H13ClF2N2O4S/c25-13-3-1-2-12(8-13)21(31)19-20(11-4-6-14(30)7-5-11)29(23(33)22(19)32)24-28-17-9-15(26)16(27)10-18(17)34-24/h1-10,20,30-31H/b21-19+. The van der Waals surface area contributed by atoms with E-state index in [0.29, 0.717) is 10.6 Å². The largest absolute Gasteiger partial charge is 0.508 e. The third-order valence-electron chi connectivity index (χ3n) is 5.38. The first-order valence-corrected chi connectivity index (χ1v) is 11.1. The summed E-state index contributed by atoms with van der Waals surface area (Å²) in [6.45, 7) is 0. The molecule has 2 heterocycles. The zero-order valence-electron chi connectivity index (χ0n) is 17.0. The third-order valence-corrected chi connectivity index (χ3v) is 6.63. The maximum Gasteiger partial charge on any atom is 0.301 e. The summed E-state index contributed by atoms with van der Waals surface area (Å²) in [4.78, 5) is 31.6. The molecule has 1 aliphatic rings. The van der Waals surface area contributed by atoms with Crippen LogP contribution in [0.25, 0.3) is 16.0 Å². The number of amides is 1. The highest BCUT2D eigenvalue weighted by molar-refractivity contribution is 7.22. The van der Waals surface area contributed by atoms with Gasteiger partial charge in [0.2, 0.25) is 0 Å². The topological polar surface area (TPSA) is 90.7 Å². The second-order valence-electron chi connectivity index (χ2n) is 7.50. The van der Waals surface area contributed by atoms with Crippen molar-refractivity contribution in [2.75, 3.05) is 4.90 Å². The molecular weight excluding hydrogens is 486 g/mol. The number of ketones is 1. The molecule has 1 aromatic heterocycles. The second kappa shape index (κ2) is 8.19. The lowest BCUT2D eigenvalue weighted by molar-refractivity contribution is -0.132. The van der Waals surface area contributed by atoms with E-state index in [4.69, 9.17) is 11.6 Å². The van der Waals surface area contributed by atoms with E-state index in [1.807, 2.05) is 0 Å². The number of thiazole rings is 1. The Morgan fingerprint density at radius 3 is 2.44 bits per heavy atom. The number of hydrogen-bond donors (Lipinski definition) is 2. The van der Waals surface area contributed by atoms with Crippen molar-refractivity contribution < 1.29 is 28.6 Å². The molecule has 34 heavy (non-hydrogen) atoms. The Bertz CT molecular complexity index is 1480. The minimum absolute atomic E-state index is 0.0188. The minimum Gasteiger partial charge on any atom is -0.508 e. The Morgan fingerprint density at radius 2 is 1.74 bits per heavy atom. The highest BCUT2D eigenvalue weighted by Crippen LogP contribution is 2.44. The van der Waals surface area contributed by atoms with Crippen molar-refractivity contribution in [3.8, 4) is 5.75 Å². The van der Waals surface area contributed by atoms with Crippen LogP contribution in [0.3, 0.4) is 0 Å². The number of anilines is 1. The van der Waals surface area contributed by atoms with E-state index in [0.717, 1.165) is 28.4 Å². The van der Waals surface area contributed by atoms with Gasteiger partial charge in [0, 0.05) is 16.7 Å². The number of phenolic OH excluding ortho intramolecular Hbond substituents is 1. The number of Topliss-reactive ketones (excluding diaryl/α,β-unsaturated/α-hetero) is 1. The molecule has 0 bridgehead atoms. The lowest BCUT2D eigenvalue weighted by atomic mass is 9.95. The Morgan fingerprint density at radius 1 is 1.03 bits per heavy atom. The average Bonchev–Trinajstić information content (AvgIpc) is 3.32. The molecule has 3 aromatic carbocycles. The van der Waals surface area contributed by atoms with E-state index in [1.165, 1.54) is 36.4 Å². The highest BCUT2D eigenvalue weighted by Gasteiger charge is 2.48. The fourth-order valence-corrected chi connectivity index (χ4v) is 5.00. The number of hydrogen-bond acceptors (Lipinski definition) is 6. The number of fused-ring (bicyclic) bond motifs is 1. The molecular formula is C24H13ClF2N2O4S. The molecule has 0 saturated carbocycles. The number of halogens is 3. The van der Waals surface area contributed by atoms with Crippen molar-refractivity contribution in [1.82, 2.24) is 4.98 Å². The van der Waals surface area contributed by atoms with Gasteiger partial charge in [0.05, 0.1) is 21.8 Å². The van der Waals surface area contributed by atoms with Crippen molar-refractivity contribution in [3.63, 3.8) is 0 Å². The zero-order chi connectivity index (χ0) is 24.1. The van der Waals surface area contributed by atoms with E-state index in [2.05, 4.69) is 4.98 Å². The number of carbonyl (C=O) groups excluding carboxylic acids is 2. The number of aliphatic hydroxyl groups is 1. The Hall–Kier alpha value is -3.82. The van der Waals surface area contributed by atoms with Gasteiger partial charge in [-0.3, -0.25) is 14.5 Å². The van der Waals surface area contributed by atoms with Crippen molar-refractivity contribution >= 4 is 55.7 Å². The molecule has 1 amide bonds. The molecule has 2 N–H and O–H groups in total. The molecule has 6 nitrogen and oxygen atoms in total. The van der Waals surface area contributed by atoms with Crippen LogP contribution < -0.4 is 4.90 Å². The summed E-state index contributed by atoms with van der Waals surface area (Å²) in [7, 11) is 0. The maximum atomic E-state index is 13.7. The number of aromatic hydroxyl groups is 1. The quantitative estimate of drug-likeness (QED) is 0.219. The average molecular weight is 499 g/mol. The van der Waals surface area contributed by atoms with Crippen molar-refractivity contribution in [1.29, 1.82) is 0 Å². The van der Waals surface area contributed by atoms with Gasteiger partial charge in [-0.2, -0.15) is 0 Å². The first-order chi connectivity index (χ1) is 16.2. The van der Waals surface area contributed by atoms with E-state index >= 15 is 0 Å². The predicted molar refractivity (Wildman–Crippen MR) is 124 cm³/mol. The first-order valence-electron chi connectivity index (χ1n) is 9.86. The summed E-state index contributed by atoms with van der Waals surface area (Å²) in [5.74, 6) is -4.59. The molecule has 1 atom stereocenters.